The number of fused-ring (bicyclic) bond motifs is 1. The predicted octanol–water partition coefficient (Wildman–Crippen LogP) is 3.14. The molecule has 0 atom stereocenters. The predicted molar refractivity (Wildman–Crippen MR) is 114 cm³/mol. The van der Waals surface area contributed by atoms with Crippen molar-refractivity contribution in [2.45, 2.75) is 13.8 Å². The van der Waals surface area contributed by atoms with Gasteiger partial charge in [0.25, 0.3) is 17.2 Å². The number of carbonyl (C=O) groups is 1. The first kappa shape index (κ1) is 20.2. The molecule has 2 aromatic carbocycles. The lowest BCUT2D eigenvalue weighted by Gasteiger charge is -2.09. The molecule has 1 amide bonds. The highest BCUT2D eigenvalue weighted by Crippen LogP contribution is 2.23. The minimum atomic E-state index is -0.876. The fourth-order valence-corrected chi connectivity index (χ4v) is 3.23. The van der Waals surface area contributed by atoms with Crippen LogP contribution in [0.15, 0.2) is 53.7 Å². The summed E-state index contributed by atoms with van der Waals surface area (Å²) < 4.78 is 2.37. The van der Waals surface area contributed by atoms with E-state index in [9.17, 15) is 19.7 Å². The number of aromatic nitrogens is 4. The van der Waals surface area contributed by atoms with E-state index in [0.717, 1.165) is 40.0 Å². The summed E-state index contributed by atoms with van der Waals surface area (Å²) in [5.41, 5.74) is 4.23. The number of nitro benzene ring substituents is 1. The first-order valence-electron chi connectivity index (χ1n) is 9.04. The smallest absolute Gasteiger partial charge is 0.267 e. The van der Waals surface area contributed by atoms with E-state index in [0.29, 0.717) is 5.65 Å². The Bertz CT molecular complexity index is 1430. The molecule has 2 heterocycles. The number of halogens is 1. The van der Waals surface area contributed by atoms with Crippen LogP contribution in [0.1, 0.15) is 21.5 Å². The second kappa shape index (κ2) is 7.65. The lowest BCUT2D eigenvalue weighted by atomic mass is 10.1. The molecular weight excluding hydrogens is 424 g/mol. The van der Waals surface area contributed by atoms with Crippen LogP contribution in [0.3, 0.4) is 0 Å². The highest BCUT2D eigenvalue weighted by atomic mass is 35.5. The van der Waals surface area contributed by atoms with Gasteiger partial charge in [-0.25, -0.2) is 14.3 Å². The van der Waals surface area contributed by atoms with Crippen LogP contribution in [0.4, 0.5) is 5.69 Å². The quantitative estimate of drug-likeness (QED) is 0.385. The van der Waals surface area contributed by atoms with E-state index in [4.69, 9.17) is 11.6 Å². The molecule has 4 aromatic rings. The molecule has 0 fully saturated rings. The molecule has 0 bridgehead atoms. The Morgan fingerprint density at radius 1 is 1.16 bits per heavy atom. The molecule has 0 saturated carbocycles. The van der Waals surface area contributed by atoms with Gasteiger partial charge in [0.2, 0.25) is 0 Å². The molecular formula is C20H15ClN6O4. The summed E-state index contributed by atoms with van der Waals surface area (Å²) in [5, 5.41) is 15.8. The number of amides is 1. The van der Waals surface area contributed by atoms with Crippen molar-refractivity contribution in [2.75, 3.05) is 5.43 Å². The van der Waals surface area contributed by atoms with E-state index in [-0.39, 0.29) is 16.0 Å². The van der Waals surface area contributed by atoms with Gasteiger partial charge >= 0.3 is 0 Å². The number of hydrogen-bond donors (Lipinski definition) is 1. The van der Waals surface area contributed by atoms with Crippen LogP contribution in [0.25, 0.3) is 16.7 Å². The van der Waals surface area contributed by atoms with Gasteiger partial charge in [0.15, 0.2) is 5.65 Å². The number of nitro groups is 1. The zero-order valence-electron chi connectivity index (χ0n) is 16.4. The van der Waals surface area contributed by atoms with Crippen molar-refractivity contribution in [2.24, 2.45) is 0 Å². The Morgan fingerprint density at radius 2 is 1.94 bits per heavy atom. The van der Waals surface area contributed by atoms with Crippen molar-refractivity contribution in [1.29, 1.82) is 0 Å². The number of nitrogens with one attached hydrogen (secondary N) is 1. The fraction of sp³-hybridized carbons (Fsp3) is 0.100. The number of hydrogen-bond acceptors (Lipinski definition) is 6. The van der Waals surface area contributed by atoms with E-state index < -0.39 is 22.1 Å². The third-order valence-corrected chi connectivity index (χ3v) is 5.08. The van der Waals surface area contributed by atoms with E-state index in [1.807, 2.05) is 32.0 Å². The Morgan fingerprint density at radius 3 is 2.65 bits per heavy atom. The number of aryl methyl sites for hydroxylation is 2. The summed E-state index contributed by atoms with van der Waals surface area (Å²) >= 11 is 5.87. The van der Waals surface area contributed by atoms with Crippen LogP contribution in [0, 0.1) is 24.0 Å². The molecule has 0 radical (unpaired) electrons. The highest BCUT2D eigenvalue weighted by molar-refractivity contribution is 6.31. The van der Waals surface area contributed by atoms with Gasteiger partial charge in [-0.05, 0) is 49.2 Å². The van der Waals surface area contributed by atoms with Crippen molar-refractivity contribution in [1.82, 2.24) is 19.4 Å². The molecule has 0 saturated heterocycles. The minimum absolute atomic E-state index is 0.145. The van der Waals surface area contributed by atoms with E-state index >= 15 is 0 Å². The molecule has 156 valence electrons. The molecule has 10 nitrogen and oxygen atoms in total. The van der Waals surface area contributed by atoms with Crippen LogP contribution < -0.4 is 11.0 Å². The van der Waals surface area contributed by atoms with Crippen LogP contribution in [0.5, 0.6) is 0 Å². The summed E-state index contributed by atoms with van der Waals surface area (Å²) in [5.74, 6) is -0.876. The molecule has 0 spiro atoms. The van der Waals surface area contributed by atoms with Crippen molar-refractivity contribution in [3.8, 4) is 5.69 Å². The van der Waals surface area contributed by atoms with Gasteiger partial charge < -0.3 is 0 Å². The SMILES string of the molecule is Cc1ccc(-n2ncc3c(=O)n(NC(=O)c4cc(Cl)ccc4[N+](=O)[O-])cnc32)cc1C. The Labute approximate surface area is 179 Å². The lowest BCUT2D eigenvalue weighted by Crippen LogP contribution is -2.33. The van der Waals surface area contributed by atoms with Crippen LogP contribution in [-0.2, 0) is 0 Å². The monoisotopic (exact) mass is 438 g/mol. The first-order chi connectivity index (χ1) is 14.8. The Hall–Kier alpha value is -4.05. The molecule has 0 aliphatic carbocycles. The van der Waals surface area contributed by atoms with Crippen LogP contribution in [0.2, 0.25) is 5.02 Å². The molecule has 11 heteroatoms. The first-order valence-corrected chi connectivity index (χ1v) is 9.42. The van der Waals surface area contributed by atoms with Crippen LogP contribution >= 0.6 is 11.6 Å². The molecule has 0 aliphatic heterocycles. The van der Waals surface area contributed by atoms with E-state index in [1.165, 1.54) is 16.9 Å². The molecule has 1 N–H and O–H groups in total. The molecule has 0 unspecified atom stereocenters. The summed E-state index contributed by atoms with van der Waals surface area (Å²) in [7, 11) is 0. The van der Waals surface area contributed by atoms with Crippen molar-refractivity contribution >= 4 is 34.2 Å². The number of benzene rings is 2. The minimum Gasteiger partial charge on any atom is -0.267 e. The summed E-state index contributed by atoms with van der Waals surface area (Å²) in [6.45, 7) is 3.96. The zero-order valence-corrected chi connectivity index (χ0v) is 17.1. The third kappa shape index (κ3) is 3.64. The third-order valence-electron chi connectivity index (χ3n) is 4.85. The van der Waals surface area contributed by atoms with Gasteiger partial charge in [-0.2, -0.15) is 5.10 Å². The summed E-state index contributed by atoms with van der Waals surface area (Å²) in [4.78, 5) is 40.2. The summed E-state index contributed by atoms with van der Waals surface area (Å²) in [6.07, 6.45) is 2.47. The Balaban J connectivity index is 1.72. The molecule has 4 rings (SSSR count). The van der Waals surface area contributed by atoms with E-state index in [2.05, 4.69) is 15.5 Å². The van der Waals surface area contributed by atoms with Gasteiger partial charge in [0.05, 0.1) is 16.8 Å². The maximum absolute atomic E-state index is 12.8. The second-order valence-electron chi connectivity index (χ2n) is 6.84. The second-order valence-corrected chi connectivity index (χ2v) is 7.28. The average Bonchev–Trinajstić information content (AvgIpc) is 3.16. The van der Waals surface area contributed by atoms with Gasteiger partial charge in [-0.1, -0.05) is 17.7 Å². The van der Waals surface area contributed by atoms with Gasteiger partial charge in [-0.3, -0.25) is 25.1 Å². The summed E-state index contributed by atoms with van der Waals surface area (Å²) in [6, 6.07) is 9.31. The zero-order chi connectivity index (χ0) is 22.3. The average molecular weight is 439 g/mol. The van der Waals surface area contributed by atoms with Crippen LogP contribution in [-0.4, -0.2) is 30.3 Å². The molecule has 31 heavy (non-hydrogen) atoms. The standard InChI is InChI=1S/C20H15ClN6O4/c1-11-3-5-14(7-12(11)2)26-18-16(9-23-26)20(29)25(10-22-18)24-19(28)15-8-13(21)4-6-17(15)27(30)31/h3-10H,1-2H3,(H,24,28). The maximum Gasteiger partial charge on any atom is 0.283 e. The topological polar surface area (TPSA) is 125 Å². The van der Waals surface area contributed by atoms with E-state index in [1.54, 1.807) is 0 Å². The van der Waals surface area contributed by atoms with Crippen molar-refractivity contribution in [3.05, 3.63) is 91.1 Å². The van der Waals surface area contributed by atoms with Gasteiger partial charge in [-0.15, -0.1) is 0 Å². The fourth-order valence-electron chi connectivity index (χ4n) is 3.06. The van der Waals surface area contributed by atoms with Gasteiger partial charge in [0, 0.05) is 11.1 Å². The van der Waals surface area contributed by atoms with Crippen molar-refractivity contribution < 1.29 is 9.72 Å². The normalized spacial score (nSPS) is 10.9. The van der Waals surface area contributed by atoms with Gasteiger partial charge in [0.1, 0.15) is 17.3 Å². The highest BCUT2D eigenvalue weighted by Gasteiger charge is 2.22. The molecule has 0 aliphatic rings. The Kier molecular flexibility index (Phi) is 4.99. The number of nitrogens with zero attached hydrogens (tertiary/aromatic N) is 5. The largest absolute Gasteiger partial charge is 0.283 e. The lowest BCUT2D eigenvalue weighted by molar-refractivity contribution is -0.385. The van der Waals surface area contributed by atoms with Crippen molar-refractivity contribution in [3.63, 3.8) is 0 Å². The molecule has 2 aromatic heterocycles. The number of carbonyl (C=O) groups excluding carboxylic acids is 1. The maximum atomic E-state index is 12.8. The number of rotatable bonds is 4.